The maximum Gasteiger partial charge on any atom is 0.306 e. The highest BCUT2D eigenvalue weighted by atomic mass is 16.6. The Morgan fingerprint density at radius 1 is 0.382 bits per heavy atom. The molecule has 0 aromatic rings. The largest absolute Gasteiger partial charge is 0.462 e. The van der Waals surface area contributed by atoms with Crippen molar-refractivity contribution in [1.82, 2.24) is 0 Å². The number of carbonyl (C=O) groups is 3. The van der Waals surface area contributed by atoms with Crippen LogP contribution in [0.4, 0.5) is 0 Å². The first-order valence-corrected chi connectivity index (χ1v) is 24.3. The third-order valence-corrected chi connectivity index (χ3v) is 11.3. The normalized spacial score (nSPS) is 12.5. The highest BCUT2D eigenvalue weighted by Gasteiger charge is 2.19. The lowest BCUT2D eigenvalue weighted by molar-refractivity contribution is -0.167. The van der Waals surface area contributed by atoms with Crippen LogP contribution in [0.3, 0.4) is 0 Å². The minimum atomic E-state index is -0.759. The quantitative estimate of drug-likeness (QED) is 0.0348. The molecule has 0 amide bonds. The van der Waals surface area contributed by atoms with Crippen molar-refractivity contribution in [2.45, 2.75) is 272 Å². The summed E-state index contributed by atoms with van der Waals surface area (Å²) in [5, 5.41) is 0. The Hall–Kier alpha value is -1.59. The molecule has 55 heavy (non-hydrogen) atoms. The molecule has 0 saturated heterocycles. The van der Waals surface area contributed by atoms with Crippen LogP contribution in [0.1, 0.15) is 266 Å². The second kappa shape index (κ2) is 42.0. The lowest BCUT2D eigenvalue weighted by Crippen LogP contribution is -2.30. The Kier molecular flexibility index (Phi) is 40.8. The first-order valence-electron chi connectivity index (χ1n) is 24.3. The molecule has 0 aliphatic rings. The summed E-state index contributed by atoms with van der Waals surface area (Å²) >= 11 is 0. The molecule has 0 aliphatic carbocycles. The number of ether oxygens (including phenoxy) is 3. The van der Waals surface area contributed by atoms with E-state index in [1.165, 1.54) is 154 Å². The predicted molar refractivity (Wildman–Crippen MR) is 233 cm³/mol. The number of esters is 3. The van der Waals surface area contributed by atoms with Crippen LogP contribution in [-0.4, -0.2) is 37.2 Å². The van der Waals surface area contributed by atoms with Crippen molar-refractivity contribution in [2.24, 2.45) is 11.8 Å². The average Bonchev–Trinajstić information content (AvgIpc) is 3.17. The van der Waals surface area contributed by atoms with Crippen molar-refractivity contribution in [3.63, 3.8) is 0 Å². The van der Waals surface area contributed by atoms with Gasteiger partial charge in [-0.05, 0) is 31.1 Å². The van der Waals surface area contributed by atoms with Gasteiger partial charge in [-0.25, -0.2) is 0 Å². The van der Waals surface area contributed by atoms with Gasteiger partial charge in [-0.15, -0.1) is 0 Å². The van der Waals surface area contributed by atoms with E-state index in [1.54, 1.807) is 0 Å². The molecule has 0 aromatic carbocycles. The fraction of sp³-hybridized carbons (Fsp3) is 0.939. The molecule has 0 bridgehead atoms. The Morgan fingerprint density at radius 3 is 1.04 bits per heavy atom. The molecule has 6 heteroatoms. The second-order valence-electron chi connectivity index (χ2n) is 17.5. The Morgan fingerprint density at radius 2 is 0.691 bits per heavy atom. The fourth-order valence-electron chi connectivity index (χ4n) is 7.25. The van der Waals surface area contributed by atoms with E-state index in [4.69, 9.17) is 14.2 Å². The van der Waals surface area contributed by atoms with E-state index in [2.05, 4.69) is 34.6 Å². The van der Waals surface area contributed by atoms with Gasteiger partial charge in [0.05, 0.1) is 0 Å². The van der Waals surface area contributed by atoms with E-state index in [-0.39, 0.29) is 31.1 Å². The highest BCUT2D eigenvalue weighted by Crippen LogP contribution is 2.17. The summed E-state index contributed by atoms with van der Waals surface area (Å²) in [4.78, 5) is 37.7. The summed E-state index contributed by atoms with van der Waals surface area (Å²) in [6.45, 7) is 11.3. The molecule has 0 rings (SSSR count). The van der Waals surface area contributed by atoms with Crippen LogP contribution in [0, 0.1) is 11.8 Å². The third kappa shape index (κ3) is 41.9. The summed E-state index contributed by atoms with van der Waals surface area (Å²) in [6, 6.07) is 0. The number of hydrogen-bond acceptors (Lipinski definition) is 6. The summed E-state index contributed by atoms with van der Waals surface area (Å²) in [5.41, 5.74) is 0. The fourth-order valence-corrected chi connectivity index (χ4v) is 7.25. The molecular formula is C49H94O6. The highest BCUT2D eigenvalue weighted by molar-refractivity contribution is 5.71. The zero-order valence-corrected chi connectivity index (χ0v) is 37.6. The van der Waals surface area contributed by atoms with Gasteiger partial charge in [-0.3, -0.25) is 14.4 Å². The summed E-state index contributed by atoms with van der Waals surface area (Å²) in [6.07, 6.45) is 41.0. The summed E-state index contributed by atoms with van der Waals surface area (Å²) in [5.74, 6) is 0.836. The van der Waals surface area contributed by atoms with Crippen LogP contribution in [0.25, 0.3) is 0 Å². The monoisotopic (exact) mass is 779 g/mol. The lowest BCUT2D eigenvalue weighted by Gasteiger charge is -2.18. The van der Waals surface area contributed by atoms with E-state index in [0.29, 0.717) is 19.3 Å². The molecule has 2 atom stereocenters. The number of hydrogen-bond donors (Lipinski definition) is 0. The van der Waals surface area contributed by atoms with Gasteiger partial charge in [0.15, 0.2) is 6.10 Å². The average molecular weight is 779 g/mol. The Balaban J connectivity index is 4.18. The van der Waals surface area contributed by atoms with Crippen LogP contribution in [0.2, 0.25) is 0 Å². The van der Waals surface area contributed by atoms with Crippen molar-refractivity contribution in [1.29, 1.82) is 0 Å². The second-order valence-corrected chi connectivity index (χ2v) is 17.5. The maximum atomic E-state index is 12.6. The molecule has 0 heterocycles. The van der Waals surface area contributed by atoms with Gasteiger partial charge in [0.1, 0.15) is 13.2 Å². The van der Waals surface area contributed by atoms with E-state index >= 15 is 0 Å². The van der Waals surface area contributed by atoms with E-state index in [1.807, 2.05) is 0 Å². The molecule has 326 valence electrons. The maximum absolute atomic E-state index is 12.6. The van der Waals surface area contributed by atoms with Gasteiger partial charge in [0.25, 0.3) is 0 Å². The molecule has 6 nitrogen and oxygen atoms in total. The topological polar surface area (TPSA) is 78.9 Å². The van der Waals surface area contributed by atoms with Gasteiger partial charge in [-0.1, -0.05) is 227 Å². The van der Waals surface area contributed by atoms with Gasteiger partial charge >= 0.3 is 17.9 Å². The molecule has 0 N–H and O–H groups in total. The minimum absolute atomic E-state index is 0.0650. The van der Waals surface area contributed by atoms with Gasteiger partial charge in [-0.2, -0.15) is 0 Å². The number of rotatable bonds is 43. The Labute approximate surface area is 342 Å². The molecular weight excluding hydrogens is 685 g/mol. The zero-order chi connectivity index (χ0) is 40.5. The molecule has 0 saturated carbocycles. The van der Waals surface area contributed by atoms with Gasteiger partial charge < -0.3 is 14.2 Å². The van der Waals surface area contributed by atoms with Crippen molar-refractivity contribution in [3.05, 3.63) is 0 Å². The van der Waals surface area contributed by atoms with Gasteiger partial charge in [0.2, 0.25) is 0 Å². The first-order chi connectivity index (χ1) is 26.8. The first kappa shape index (κ1) is 53.4. The van der Waals surface area contributed by atoms with Crippen LogP contribution < -0.4 is 0 Å². The van der Waals surface area contributed by atoms with Crippen LogP contribution in [0.15, 0.2) is 0 Å². The molecule has 0 aromatic heterocycles. The minimum Gasteiger partial charge on any atom is -0.462 e. The predicted octanol–water partition coefficient (Wildman–Crippen LogP) is 15.4. The Bertz CT molecular complexity index is 841. The molecule has 0 spiro atoms. The van der Waals surface area contributed by atoms with Crippen molar-refractivity contribution in [3.8, 4) is 0 Å². The molecule has 1 unspecified atom stereocenters. The smallest absolute Gasteiger partial charge is 0.306 e. The van der Waals surface area contributed by atoms with Crippen LogP contribution in [-0.2, 0) is 28.6 Å². The third-order valence-electron chi connectivity index (χ3n) is 11.3. The van der Waals surface area contributed by atoms with Crippen molar-refractivity contribution < 1.29 is 28.6 Å². The zero-order valence-electron chi connectivity index (χ0n) is 37.6. The molecule has 0 radical (unpaired) electrons. The molecule has 0 aliphatic heterocycles. The van der Waals surface area contributed by atoms with Crippen LogP contribution in [0.5, 0.6) is 0 Å². The van der Waals surface area contributed by atoms with Gasteiger partial charge in [0, 0.05) is 19.3 Å². The standard InChI is InChI=1S/C49H94O6/c1-6-8-9-10-22-31-36-41-49(52)55-46(43-54-48(51)40-35-30-26-21-20-24-28-33-38-45(5)7-2)42-53-47(50)39-34-29-25-19-17-15-13-11-12-14-16-18-23-27-32-37-44(3)4/h44-46H,6-43H2,1-5H3/t45?,46-/m1/s1. The van der Waals surface area contributed by atoms with Crippen molar-refractivity contribution >= 4 is 17.9 Å². The molecule has 0 fully saturated rings. The lowest BCUT2D eigenvalue weighted by atomic mass is 9.99. The van der Waals surface area contributed by atoms with Crippen LogP contribution >= 0.6 is 0 Å². The number of unbranched alkanes of at least 4 members (excludes halogenated alkanes) is 27. The summed E-state index contributed by atoms with van der Waals surface area (Å²) < 4.78 is 16.7. The van der Waals surface area contributed by atoms with E-state index < -0.39 is 6.10 Å². The summed E-state index contributed by atoms with van der Waals surface area (Å²) in [7, 11) is 0. The van der Waals surface area contributed by atoms with E-state index in [9.17, 15) is 14.4 Å². The van der Waals surface area contributed by atoms with E-state index in [0.717, 1.165) is 69.6 Å². The SMILES string of the molecule is CCCCCCCCCC(=O)O[C@H](COC(=O)CCCCCCCCCCCCCCCCCC(C)C)COC(=O)CCCCCCCCCCC(C)CC. The van der Waals surface area contributed by atoms with Crippen molar-refractivity contribution in [2.75, 3.05) is 13.2 Å². The number of carbonyl (C=O) groups excluding carboxylic acids is 3.